The summed E-state index contributed by atoms with van der Waals surface area (Å²) in [6, 6.07) is 0. The highest BCUT2D eigenvalue weighted by Gasteiger charge is 2.25. The van der Waals surface area contributed by atoms with Gasteiger partial charge in [0.25, 0.3) is 0 Å². The predicted molar refractivity (Wildman–Crippen MR) is 89.8 cm³/mol. The summed E-state index contributed by atoms with van der Waals surface area (Å²) in [5.41, 5.74) is 6.68. The van der Waals surface area contributed by atoms with E-state index in [0.29, 0.717) is 16.3 Å². The van der Waals surface area contributed by atoms with Crippen LogP contribution in [0.2, 0.25) is 0 Å². The lowest BCUT2D eigenvalue weighted by Crippen LogP contribution is -2.27. The first kappa shape index (κ1) is 16.1. The molecule has 0 bridgehead atoms. The van der Waals surface area contributed by atoms with Crippen molar-refractivity contribution in [3.63, 3.8) is 0 Å². The molecule has 4 nitrogen and oxygen atoms in total. The van der Waals surface area contributed by atoms with Gasteiger partial charge in [0.1, 0.15) is 5.00 Å². The molecular weight excluding hydrogens is 284 g/mol. The zero-order valence-electron chi connectivity index (χ0n) is 13.3. The average molecular weight is 310 g/mol. The highest BCUT2D eigenvalue weighted by molar-refractivity contribution is 7.19. The van der Waals surface area contributed by atoms with E-state index in [1.807, 2.05) is 13.8 Å². The Balaban J connectivity index is 2.34. The molecule has 0 aromatic carbocycles. The lowest BCUT2D eigenvalue weighted by molar-refractivity contribution is 0.102. The second kappa shape index (κ2) is 7.16. The van der Waals surface area contributed by atoms with Gasteiger partial charge in [0.05, 0.1) is 16.7 Å². The predicted octanol–water partition coefficient (Wildman–Crippen LogP) is 4.09. The van der Waals surface area contributed by atoms with Crippen LogP contribution in [0.15, 0.2) is 0 Å². The van der Waals surface area contributed by atoms with Gasteiger partial charge in [0, 0.05) is 20.0 Å². The molecule has 2 N–H and O–H groups in total. The van der Waals surface area contributed by atoms with E-state index in [4.69, 9.17) is 10.5 Å². The summed E-state index contributed by atoms with van der Waals surface area (Å²) in [5.74, 6) is 0.727. The number of Topliss-reactive ketones (excluding diaryl/α,β-unsaturated/α-hetero) is 1. The molecule has 0 saturated carbocycles. The zero-order chi connectivity index (χ0) is 15.4. The topological polar surface area (TPSA) is 55.6 Å². The van der Waals surface area contributed by atoms with Crippen molar-refractivity contribution in [1.82, 2.24) is 0 Å². The SMILES string of the molecule is CC(=O)c1sc(N2CCCCCCC2)c(OC(C)C)c1N. The van der Waals surface area contributed by atoms with Crippen LogP contribution in [0, 0.1) is 0 Å². The fourth-order valence-corrected chi connectivity index (χ4v) is 3.79. The Labute approximate surface area is 131 Å². The maximum Gasteiger partial charge on any atom is 0.177 e. The number of nitrogens with zero attached hydrogens (tertiary/aromatic N) is 1. The monoisotopic (exact) mass is 310 g/mol. The highest BCUT2D eigenvalue weighted by Crippen LogP contribution is 2.46. The minimum atomic E-state index is 0.0180. The van der Waals surface area contributed by atoms with Crippen LogP contribution in [-0.4, -0.2) is 25.0 Å². The molecule has 1 aliphatic rings. The van der Waals surface area contributed by atoms with E-state index in [1.165, 1.54) is 43.4 Å². The molecule has 0 radical (unpaired) electrons. The van der Waals surface area contributed by atoms with Crippen molar-refractivity contribution in [2.75, 3.05) is 23.7 Å². The second-order valence-electron chi connectivity index (χ2n) is 5.96. The molecular formula is C16H26N2O2S. The van der Waals surface area contributed by atoms with Gasteiger partial charge in [-0.05, 0) is 26.7 Å². The van der Waals surface area contributed by atoms with Crippen molar-refractivity contribution in [3.05, 3.63) is 4.88 Å². The van der Waals surface area contributed by atoms with Crippen molar-refractivity contribution < 1.29 is 9.53 Å². The van der Waals surface area contributed by atoms with Crippen LogP contribution in [-0.2, 0) is 0 Å². The van der Waals surface area contributed by atoms with Crippen LogP contribution in [0.25, 0.3) is 0 Å². The molecule has 1 aliphatic heterocycles. The van der Waals surface area contributed by atoms with Crippen molar-refractivity contribution >= 4 is 27.8 Å². The molecule has 0 aliphatic carbocycles. The summed E-state index contributed by atoms with van der Waals surface area (Å²) < 4.78 is 5.92. The van der Waals surface area contributed by atoms with Gasteiger partial charge in [-0.2, -0.15) is 0 Å². The minimum absolute atomic E-state index is 0.0180. The third kappa shape index (κ3) is 3.90. The summed E-state index contributed by atoms with van der Waals surface area (Å²) in [6.45, 7) is 7.58. The standard InChI is InChI=1S/C16H26N2O2S/c1-11(2)20-14-13(17)15(12(3)19)21-16(14)18-9-7-5-4-6-8-10-18/h11H,4-10,17H2,1-3H3. The number of thiophene rings is 1. The molecule has 21 heavy (non-hydrogen) atoms. The van der Waals surface area contributed by atoms with Crippen LogP contribution in [0.1, 0.15) is 62.5 Å². The summed E-state index contributed by atoms with van der Waals surface area (Å²) >= 11 is 1.49. The molecule has 1 fully saturated rings. The number of nitrogen functional groups attached to an aromatic ring is 1. The normalized spacial score (nSPS) is 16.7. The van der Waals surface area contributed by atoms with Crippen LogP contribution < -0.4 is 15.4 Å². The molecule has 1 aromatic rings. The van der Waals surface area contributed by atoms with Gasteiger partial charge in [0.15, 0.2) is 11.5 Å². The van der Waals surface area contributed by atoms with Crippen molar-refractivity contribution in [2.24, 2.45) is 0 Å². The average Bonchev–Trinajstić information content (AvgIpc) is 2.67. The van der Waals surface area contributed by atoms with Gasteiger partial charge in [-0.25, -0.2) is 0 Å². The van der Waals surface area contributed by atoms with E-state index in [2.05, 4.69) is 4.90 Å². The van der Waals surface area contributed by atoms with Gasteiger partial charge in [-0.1, -0.05) is 19.3 Å². The van der Waals surface area contributed by atoms with Crippen molar-refractivity contribution in [1.29, 1.82) is 0 Å². The largest absolute Gasteiger partial charge is 0.486 e. The fraction of sp³-hybridized carbons (Fsp3) is 0.688. The van der Waals surface area contributed by atoms with Crippen LogP contribution in [0.5, 0.6) is 5.75 Å². The molecule has 118 valence electrons. The number of ketones is 1. The number of hydrogen-bond acceptors (Lipinski definition) is 5. The number of hydrogen-bond donors (Lipinski definition) is 1. The molecule has 0 spiro atoms. The molecule has 1 aromatic heterocycles. The molecule has 2 heterocycles. The number of rotatable bonds is 4. The third-order valence-corrected chi connectivity index (χ3v) is 5.05. The first-order chi connectivity index (χ1) is 10.0. The number of nitrogens with two attached hydrogens (primary N) is 1. The van der Waals surface area contributed by atoms with E-state index < -0.39 is 0 Å². The van der Waals surface area contributed by atoms with Gasteiger partial charge in [-0.3, -0.25) is 4.79 Å². The molecule has 5 heteroatoms. The van der Waals surface area contributed by atoms with Gasteiger partial charge >= 0.3 is 0 Å². The fourth-order valence-electron chi connectivity index (χ4n) is 2.69. The van der Waals surface area contributed by atoms with E-state index in [-0.39, 0.29) is 11.9 Å². The first-order valence-corrected chi connectivity index (χ1v) is 8.67. The van der Waals surface area contributed by atoms with Gasteiger partial charge in [0.2, 0.25) is 0 Å². The summed E-state index contributed by atoms with van der Waals surface area (Å²) in [6.07, 6.45) is 6.31. The summed E-state index contributed by atoms with van der Waals surface area (Å²) in [4.78, 5) is 14.8. The van der Waals surface area contributed by atoms with E-state index in [9.17, 15) is 4.79 Å². The Morgan fingerprint density at radius 1 is 1.19 bits per heavy atom. The number of ether oxygens (including phenoxy) is 1. The zero-order valence-corrected chi connectivity index (χ0v) is 14.1. The van der Waals surface area contributed by atoms with Gasteiger partial charge in [-0.15, -0.1) is 11.3 Å². The highest BCUT2D eigenvalue weighted by atomic mass is 32.1. The second-order valence-corrected chi connectivity index (χ2v) is 6.96. The Hall–Kier alpha value is -1.23. The van der Waals surface area contributed by atoms with Crippen LogP contribution in [0.4, 0.5) is 10.7 Å². The van der Waals surface area contributed by atoms with E-state index in [0.717, 1.165) is 18.1 Å². The molecule has 0 amide bonds. The Kier molecular flexibility index (Phi) is 5.51. The Morgan fingerprint density at radius 3 is 2.29 bits per heavy atom. The van der Waals surface area contributed by atoms with Crippen LogP contribution in [0.3, 0.4) is 0 Å². The number of carbonyl (C=O) groups excluding carboxylic acids is 1. The van der Waals surface area contributed by atoms with Crippen molar-refractivity contribution in [2.45, 2.75) is 59.0 Å². The van der Waals surface area contributed by atoms with Gasteiger partial charge < -0.3 is 15.4 Å². The number of anilines is 2. The maximum absolute atomic E-state index is 11.8. The molecule has 1 saturated heterocycles. The quantitative estimate of drug-likeness (QED) is 0.851. The summed E-state index contributed by atoms with van der Waals surface area (Å²) in [7, 11) is 0. The Bertz CT molecular complexity index is 489. The minimum Gasteiger partial charge on any atom is -0.486 e. The lowest BCUT2D eigenvalue weighted by Gasteiger charge is -2.26. The third-order valence-electron chi connectivity index (χ3n) is 3.70. The van der Waals surface area contributed by atoms with Crippen molar-refractivity contribution in [3.8, 4) is 5.75 Å². The van der Waals surface area contributed by atoms with E-state index >= 15 is 0 Å². The smallest absolute Gasteiger partial charge is 0.177 e. The first-order valence-electron chi connectivity index (χ1n) is 7.85. The molecule has 0 unspecified atom stereocenters. The Morgan fingerprint density at radius 2 is 1.76 bits per heavy atom. The molecule has 0 atom stereocenters. The number of carbonyl (C=O) groups is 1. The molecule has 2 rings (SSSR count). The van der Waals surface area contributed by atoms with E-state index in [1.54, 1.807) is 6.92 Å². The lowest BCUT2D eigenvalue weighted by atomic mass is 10.1. The van der Waals surface area contributed by atoms with Crippen LogP contribution >= 0.6 is 11.3 Å². The summed E-state index contributed by atoms with van der Waals surface area (Å²) in [5, 5.41) is 1.04. The maximum atomic E-state index is 11.8.